The van der Waals surface area contributed by atoms with Gasteiger partial charge in [0.05, 0.1) is 0 Å². The number of rotatable bonds is 2. The van der Waals surface area contributed by atoms with Crippen molar-refractivity contribution in [3.63, 3.8) is 0 Å². The largest absolute Gasteiger partial charge is 0.314 e. The smallest absolute Gasteiger partial charge is 0.0351 e. The Labute approximate surface area is 103 Å². The summed E-state index contributed by atoms with van der Waals surface area (Å²) in [7, 11) is 0. The zero-order chi connectivity index (χ0) is 10.8. The lowest BCUT2D eigenvalue weighted by molar-refractivity contribution is 0.00266. The molecule has 0 bridgehead atoms. The molecule has 0 aromatic heterocycles. The summed E-state index contributed by atoms with van der Waals surface area (Å²) < 4.78 is 0. The average molecular weight is 241 g/mol. The van der Waals surface area contributed by atoms with Crippen molar-refractivity contribution in [3.8, 4) is 0 Å². The zero-order valence-corrected chi connectivity index (χ0v) is 10.8. The van der Waals surface area contributed by atoms with Crippen LogP contribution < -0.4 is 5.32 Å². The van der Waals surface area contributed by atoms with Crippen LogP contribution in [0.2, 0.25) is 0 Å². The van der Waals surface area contributed by atoms with Crippen LogP contribution in [0.4, 0.5) is 0 Å². The summed E-state index contributed by atoms with van der Waals surface area (Å²) in [6.07, 6.45) is 2.88. The molecule has 3 aliphatic rings. The zero-order valence-electron chi connectivity index (χ0n) is 10.0. The van der Waals surface area contributed by atoms with E-state index in [-0.39, 0.29) is 0 Å². The predicted molar refractivity (Wildman–Crippen MR) is 70.2 cm³/mol. The molecule has 16 heavy (non-hydrogen) atoms. The van der Waals surface area contributed by atoms with Crippen LogP contribution in [0, 0.1) is 0 Å². The van der Waals surface area contributed by atoms with Gasteiger partial charge < -0.3 is 5.32 Å². The Morgan fingerprint density at radius 1 is 1.00 bits per heavy atom. The first kappa shape index (κ1) is 11.3. The van der Waals surface area contributed by atoms with Crippen LogP contribution in [0.1, 0.15) is 12.8 Å². The molecule has 0 amide bonds. The summed E-state index contributed by atoms with van der Waals surface area (Å²) in [6, 6.07) is 1.77. The molecule has 3 saturated heterocycles. The molecule has 0 aromatic carbocycles. The van der Waals surface area contributed by atoms with E-state index in [0.29, 0.717) is 0 Å². The van der Waals surface area contributed by atoms with Crippen LogP contribution in [0.5, 0.6) is 0 Å². The minimum Gasteiger partial charge on any atom is -0.314 e. The van der Waals surface area contributed by atoms with Crippen molar-refractivity contribution >= 4 is 11.8 Å². The molecular formula is C12H23N3S. The lowest BCUT2D eigenvalue weighted by Gasteiger charge is -2.50. The normalized spacial score (nSPS) is 34.9. The summed E-state index contributed by atoms with van der Waals surface area (Å²) in [5.74, 6) is 2.78. The lowest BCUT2D eigenvalue weighted by atomic mass is 10.0. The number of likely N-dealkylation sites (tertiary alicyclic amines) is 1. The van der Waals surface area contributed by atoms with Gasteiger partial charge in [-0.1, -0.05) is 0 Å². The second-order valence-electron chi connectivity index (χ2n) is 5.26. The summed E-state index contributed by atoms with van der Waals surface area (Å²) in [4.78, 5) is 5.40. The molecule has 0 radical (unpaired) electrons. The molecule has 0 aliphatic carbocycles. The van der Waals surface area contributed by atoms with Gasteiger partial charge in [0.1, 0.15) is 0 Å². The SMILES string of the molecule is C1CSCC(N2CC(N3CCNCC3)C2)C1. The van der Waals surface area contributed by atoms with Gasteiger partial charge >= 0.3 is 0 Å². The highest BCUT2D eigenvalue weighted by Gasteiger charge is 2.36. The Hall–Kier alpha value is 0.230. The average Bonchev–Trinajstić information content (AvgIpc) is 2.30. The first-order valence-corrected chi connectivity index (χ1v) is 7.85. The summed E-state index contributed by atoms with van der Waals surface area (Å²) >= 11 is 2.15. The van der Waals surface area contributed by atoms with E-state index >= 15 is 0 Å². The third-order valence-electron chi connectivity index (χ3n) is 4.21. The van der Waals surface area contributed by atoms with Crippen molar-refractivity contribution in [2.75, 3.05) is 50.8 Å². The molecular weight excluding hydrogens is 218 g/mol. The van der Waals surface area contributed by atoms with Crippen LogP contribution >= 0.6 is 11.8 Å². The molecule has 0 saturated carbocycles. The molecule has 1 N–H and O–H groups in total. The van der Waals surface area contributed by atoms with E-state index < -0.39 is 0 Å². The molecule has 3 aliphatic heterocycles. The fourth-order valence-electron chi connectivity index (χ4n) is 3.08. The second-order valence-corrected chi connectivity index (χ2v) is 6.41. The van der Waals surface area contributed by atoms with Gasteiger partial charge in [-0.05, 0) is 18.6 Å². The van der Waals surface area contributed by atoms with Gasteiger partial charge in [0.15, 0.2) is 0 Å². The minimum absolute atomic E-state index is 0.869. The number of hydrogen-bond donors (Lipinski definition) is 1. The summed E-state index contributed by atoms with van der Waals surface area (Å²) in [5, 5.41) is 3.43. The fourth-order valence-corrected chi connectivity index (χ4v) is 4.26. The Kier molecular flexibility index (Phi) is 3.72. The molecule has 3 nitrogen and oxygen atoms in total. The maximum atomic E-state index is 3.43. The number of nitrogens with one attached hydrogen (secondary N) is 1. The van der Waals surface area contributed by atoms with Crippen molar-refractivity contribution in [1.82, 2.24) is 15.1 Å². The number of piperazine rings is 1. The first-order chi connectivity index (χ1) is 7.93. The molecule has 1 unspecified atom stereocenters. The van der Waals surface area contributed by atoms with Crippen molar-refractivity contribution in [3.05, 3.63) is 0 Å². The third kappa shape index (κ3) is 2.40. The molecule has 3 heterocycles. The number of thioether (sulfide) groups is 1. The van der Waals surface area contributed by atoms with Crippen LogP contribution in [-0.2, 0) is 0 Å². The van der Waals surface area contributed by atoms with Crippen LogP contribution in [0.3, 0.4) is 0 Å². The Morgan fingerprint density at radius 2 is 1.81 bits per heavy atom. The van der Waals surface area contributed by atoms with Gasteiger partial charge in [0.25, 0.3) is 0 Å². The van der Waals surface area contributed by atoms with Crippen molar-refractivity contribution in [1.29, 1.82) is 0 Å². The molecule has 92 valence electrons. The Bertz CT molecular complexity index is 196. The van der Waals surface area contributed by atoms with E-state index in [9.17, 15) is 0 Å². The number of hydrogen-bond acceptors (Lipinski definition) is 4. The van der Waals surface area contributed by atoms with Gasteiger partial charge in [-0.3, -0.25) is 9.80 Å². The molecule has 3 fully saturated rings. The van der Waals surface area contributed by atoms with Crippen molar-refractivity contribution in [2.45, 2.75) is 24.9 Å². The molecule has 4 heteroatoms. The lowest BCUT2D eigenvalue weighted by Crippen LogP contribution is -2.65. The molecule has 1 atom stereocenters. The van der Waals surface area contributed by atoms with Gasteiger partial charge in [0, 0.05) is 57.1 Å². The Morgan fingerprint density at radius 3 is 2.50 bits per heavy atom. The van der Waals surface area contributed by atoms with Gasteiger partial charge in [-0.15, -0.1) is 0 Å². The standard InChI is InChI=1S/C12H23N3S/c1-2-11(10-16-7-1)15-8-12(9-15)14-5-3-13-4-6-14/h11-13H,1-10H2. The molecule has 3 rings (SSSR count). The van der Waals surface area contributed by atoms with Crippen LogP contribution in [0.15, 0.2) is 0 Å². The monoisotopic (exact) mass is 241 g/mol. The van der Waals surface area contributed by atoms with E-state index in [0.717, 1.165) is 12.1 Å². The van der Waals surface area contributed by atoms with E-state index in [1.165, 1.54) is 63.6 Å². The maximum absolute atomic E-state index is 3.43. The predicted octanol–water partition coefficient (Wildman–Crippen LogP) is 0.471. The number of nitrogens with zero attached hydrogens (tertiary/aromatic N) is 2. The highest BCUT2D eigenvalue weighted by Crippen LogP contribution is 2.26. The Balaban J connectivity index is 1.43. The van der Waals surface area contributed by atoms with Gasteiger partial charge in [-0.25, -0.2) is 0 Å². The van der Waals surface area contributed by atoms with E-state index in [2.05, 4.69) is 26.9 Å². The molecule has 0 spiro atoms. The van der Waals surface area contributed by atoms with E-state index in [1.807, 2.05) is 0 Å². The molecule has 0 aromatic rings. The topological polar surface area (TPSA) is 18.5 Å². The highest BCUT2D eigenvalue weighted by molar-refractivity contribution is 7.99. The first-order valence-electron chi connectivity index (χ1n) is 6.70. The van der Waals surface area contributed by atoms with Gasteiger partial charge in [-0.2, -0.15) is 11.8 Å². The van der Waals surface area contributed by atoms with Crippen LogP contribution in [-0.4, -0.2) is 72.7 Å². The third-order valence-corrected chi connectivity index (χ3v) is 5.41. The highest BCUT2D eigenvalue weighted by atomic mass is 32.2. The van der Waals surface area contributed by atoms with E-state index in [4.69, 9.17) is 0 Å². The maximum Gasteiger partial charge on any atom is 0.0351 e. The van der Waals surface area contributed by atoms with Crippen molar-refractivity contribution < 1.29 is 0 Å². The second kappa shape index (κ2) is 5.25. The summed E-state index contributed by atoms with van der Waals surface area (Å²) in [6.45, 7) is 7.58. The van der Waals surface area contributed by atoms with E-state index in [1.54, 1.807) is 0 Å². The minimum atomic E-state index is 0.869. The van der Waals surface area contributed by atoms with Crippen LogP contribution in [0.25, 0.3) is 0 Å². The fraction of sp³-hybridized carbons (Fsp3) is 1.00. The van der Waals surface area contributed by atoms with Gasteiger partial charge in [0.2, 0.25) is 0 Å². The van der Waals surface area contributed by atoms with Crippen molar-refractivity contribution in [2.24, 2.45) is 0 Å². The summed E-state index contributed by atoms with van der Waals surface area (Å²) in [5.41, 5.74) is 0. The quantitative estimate of drug-likeness (QED) is 0.757.